The van der Waals surface area contributed by atoms with Crippen molar-refractivity contribution in [1.29, 1.82) is 0 Å². The minimum atomic E-state index is -0.199. The molecule has 3 heteroatoms. The first-order valence-corrected chi connectivity index (χ1v) is 10.3. The lowest BCUT2D eigenvalue weighted by Gasteiger charge is -2.17. The molecule has 2 aromatic carbocycles. The maximum Gasteiger partial charge on any atom is 0.310 e. The molecule has 3 nitrogen and oxygen atoms in total. The molecule has 2 aliphatic carbocycles. The molecule has 2 saturated carbocycles. The molecule has 0 saturated heterocycles. The number of hydrogen-bond donors (Lipinski definition) is 0. The molecule has 0 heterocycles. The first-order valence-electron chi connectivity index (χ1n) is 10.3. The third-order valence-corrected chi connectivity index (χ3v) is 5.57. The predicted molar refractivity (Wildman–Crippen MR) is 106 cm³/mol. The van der Waals surface area contributed by atoms with Crippen molar-refractivity contribution < 1.29 is 14.3 Å². The quantitative estimate of drug-likeness (QED) is 0.432. The van der Waals surface area contributed by atoms with Gasteiger partial charge in [0.05, 0.1) is 0 Å². The number of aryl methyl sites for hydroxylation is 1. The van der Waals surface area contributed by atoms with Crippen LogP contribution in [0.2, 0.25) is 0 Å². The summed E-state index contributed by atoms with van der Waals surface area (Å²) in [5.74, 6) is 2.66. The monoisotopic (exact) mass is 364 g/mol. The van der Waals surface area contributed by atoms with Crippen LogP contribution in [0.25, 0.3) is 0 Å². The van der Waals surface area contributed by atoms with E-state index in [4.69, 9.17) is 9.47 Å². The zero-order valence-corrected chi connectivity index (χ0v) is 16.3. The summed E-state index contributed by atoms with van der Waals surface area (Å²) in [6, 6.07) is 12.6. The van der Waals surface area contributed by atoms with Gasteiger partial charge in [-0.1, -0.05) is 38.1 Å². The van der Waals surface area contributed by atoms with Crippen molar-refractivity contribution in [2.24, 2.45) is 0 Å². The van der Waals surface area contributed by atoms with Gasteiger partial charge in [0.2, 0.25) is 0 Å². The van der Waals surface area contributed by atoms with Crippen molar-refractivity contribution >= 4 is 5.97 Å². The summed E-state index contributed by atoms with van der Waals surface area (Å²) in [5.41, 5.74) is 5.00. The van der Waals surface area contributed by atoms with Crippen LogP contribution < -0.4 is 9.47 Å². The van der Waals surface area contributed by atoms with Crippen LogP contribution in [0.15, 0.2) is 36.4 Å². The lowest BCUT2D eigenvalue weighted by Crippen LogP contribution is -2.10. The second kappa shape index (κ2) is 7.75. The topological polar surface area (TPSA) is 35.5 Å². The molecule has 0 amide bonds. The molecule has 2 aliphatic rings. The number of ether oxygens (including phenoxy) is 2. The molecular formula is C24H28O3. The minimum Gasteiger partial charge on any atom is -0.488 e. The maximum atomic E-state index is 11.9. The van der Waals surface area contributed by atoms with E-state index in [1.807, 2.05) is 19.1 Å². The first-order chi connectivity index (χ1) is 13.2. The number of esters is 1. The van der Waals surface area contributed by atoms with Gasteiger partial charge in [0.15, 0.2) is 0 Å². The average Bonchev–Trinajstić information content (AvgIpc) is 3.58. The standard InChI is InChI=1S/C24H28O3/c1-3-16-8-13-22(20(14-16)18-11-12-18)26-15-21-19(17-9-10-17)6-5-7-23(21)27-24(25)4-2/h5-8,13-14,17-18H,3-4,9-12,15H2,1-2H3. The van der Waals surface area contributed by atoms with Gasteiger partial charge in [-0.15, -0.1) is 0 Å². The third-order valence-electron chi connectivity index (χ3n) is 5.57. The van der Waals surface area contributed by atoms with Gasteiger partial charge in [-0.3, -0.25) is 4.79 Å². The van der Waals surface area contributed by atoms with Crippen LogP contribution in [-0.4, -0.2) is 5.97 Å². The van der Waals surface area contributed by atoms with E-state index < -0.39 is 0 Å². The number of rotatable bonds is 8. The van der Waals surface area contributed by atoms with Gasteiger partial charge in [0, 0.05) is 12.0 Å². The average molecular weight is 364 g/mol. The van der Waals surface area contributed by atoms with E-state index >= 15 is 0 Å². The zero-order valence-electron chi connectivity index (χ0n) is 16.3. The molecule has 2 fully saturated rings. The number of carbonyl (C=O) groups excluding carboxylic acids is 1. The molecule has 0 unspecified atom stereocenters. The van der Waals surface area contributed by atoms with E-state index in [9.17, 15) is 4.79 Å². The van der Waals surface area contributed by atoms with Crippen molar-refractivity contribution in [3.63, 3.8) is 0 Å². The molecule has 27 heavy (non-hydrogen) atoms. The second-order valence-electron chi connectivity index (χ2n) is 7.71. The maximum absolute atomic E-state index is 11.9. The Kier molecular flexibility index (Phi) is 5.20. The van der Waals surface area contributed by atoms with Crippen LogP contribution in [0.3, 0.4) is 0 Å². The summed E-state index contributed by atoms with van der Waals surface area (Å²) in [5, 5.41) is 0. The van der Waals surface area contributed by atoms with Crippen molar-refractivity contribution in [3.8, 4) is 11.5 Å². The summed E-state index contributed by atoms with van der Waals surface area (Å²) in [6.45, 7) is 4.46. The normalized spacial score (nSPS) is 16.2. The molecule has 0 N–H and O–H groups in total. The van der Waals surface area contributed by atoms with Crippen molar-refractivity contribution in [2.45, 2.75) is 70.8 Å². The fourth-order valence-electron chi connectivity index (χ4n) is 3.62. The van der Waals surface area contributed by atoms with E-state index in [2.05, 4.69) is 31.2 Å². The van der Waals surface area contributed by atoms with Gasteiger partial charge < -0.3 is 9.47 Å². The summed E-state index contributed by atoms with van der Waals surface area (Å²) >= 11 is 0. The van der Waals surface area contributed by atoms with Crippen molar-refractivity contribution in [1.82, 2.24) is 0 Å². The Morgan fingerprint density at radius 2 is 1.70 bits per heavy atom. The largest absolute Gasteiger partial charge is 0.488 e. The predicted octanol–water partition coefficient (Wildman–Crippen LogP) is 5.90. The van der Waals surface area contributed by atoms with E-state index in [0.29, 0.717) is 30.6 Å². The Labute approximate surface area is 161 Å². The van der Waals surface area contributed by atoms with E-state index in [0.717, 1.165) is 17.7 Å². The molecule has 142 valence electrons. The van der Waals surface area contributed by atoms with Crippen molar-refractivity contribution in [3.05, 3.63) is 58.7 Å². The van der Waals surface area contributed by atoms with Crippen LogP contribution in [0.5, 0.6) is 11.5 Å². The Hall–Kier alpha value is -2.29. The Morgan fingerprint density at radius 3 is 2.37 bits per heavy atom. The molecule has 0 bridgehead atoms. The molecule has 0 spiro atoms. The van der Waals surface area contributed by atoms with E-state index in [-0.39, 0.29) is 5.97 Å². The summed E-state index contributed by atoms with van der Waals surface area (Å²) in [4.78, 5) is 11.9. The lowest BCUT2D eigenvalue weighted by atomic mass is 10.0. The van der Waals surface area contributed by atoms with Gasteiger partial charge in [-0.05, 0) is 72.8 Å². The minimum absolute atomic E-state index is 0.199. The fraction of sp³-hybridized carbons (Fsp3) is 0.458. The van der Waals surface area contributed by atoms with Crippen LogP contribution in [0.1, 0.15) is 80.0 Å². The molecule has 2 aromatic rings. The van der Waals surface area contributed by atoms with Gasteiger partial charge in [-0.25, -0.2) is 0 Å². The van der Waals surface area contributed by atoms with Crippen LogP contribution in [0.4, 0.5) is 0 Å². The highest BCUT2D eigenvalue weighted by atomic mass is 16.5. The Bertz CT molecular complexity index is 832. The number of benzene rings is 2. The molecule has 0 aliphatic heterocycles. The van der Waals surface area contributed by atoms with E-state index in [1.165, 1.54) is 42.4 Å². The van der Waals surface area contributed by atoms with Crippen LogP contribution in [-0.2, 0) is 17.8 Å². The highest BCUT2D eigenvalue weighted by Crippen LogP contribution is 2.46. The summed E-state index contributed by atoms with van der Waals surface area (Å²) < 4.78 is 11.9. The molecule has 0 atom stereocenters. The second-order valence-corrected chi connectivity index (χ2v) is 7.71. The van der Waals surface area contributed by atoms with Gasteiger partial charge in [-0.2, -0.15) is 0 Å². The van der Waals surface area contributed by atoms with Crippen LogP contribution in [0, 0.1) is 0 Å². The van der Waals surface area contributed by atoms with Gasteiger partial charge in [0.1, 0.15) is 18.1 Å². The zero-order chi connectivity index (χ0) is 18.8. The third kappa shape index (κ3) is 4.18. The van der Waals surface area contributed by atoms with Crippen molar-refractivity contribution in [2.75, 3.05) is 0 Å². The summed E-state index contributed by atoms with van der Waals surface area (Å²) in [6.07, 6.45) is 6.33. The highest BCUT2D eigenvalue weighted by molar-refractivity contribution is 5.72. The van der Waals surface area contributed by atoms with Gasteiger partial charge >= 0.3 is 5.97 Å². The fourth-order valence-corrected chi connectivity index (χ4v) is 3.62. The van der Waals surface area contributed by atoms with Gasteiger partial charge in [0.25, 0.3) is 0 Å². The number of carbonyl (C=O) groups is 1. The molecular weight excluding hydrogens is 336 g/mol. The van der Waals surface area contributed by atoms with E-state index in [1.54, 1.807) is 0 Å². The lowest BCUT2D eigenvalue weighted by molar-refractivity contribution is -0.134. The number of hydrogen-bond acceptors (Lipinski definition) is 3. The SMILES string of the molecule is CCC(=O)Oc1cccc(C2CC2)c1COc1ccc(CC)cc1C1CC1. The molecule has 0 aromatic heterocycles. The highest BCUT2D eigenvalue weighted by Gasteiger charge is 2.29. The Balaban J connectivity index is 1.60. The van der Waals surface area contributed by atoms with Crippen LogP contribution >= 0.6 is 0 Å². The summed E-state index contributed by atoms with van der Waals surface area (Å²) in [7, 11) is 0. The smallest absolute Gasteiger partial charge is 0.310 e. The Morgan fingerprint density at radius 1 is 0.963 bits per heavy atom. The first kappa shape index (κ1) is 18.1. The molecule has 4 rings (SSSR count). The molecule has 0 radical (unpaired) electrons.